The van der Waals surface area contributed by atoms with Crippen molar-refractivity contribution in [3.05, 3.63) is 30.0 Å². The number of hydrogen-bond acceptors (Lipinski definition) is 4. The number of para-hydroxylation sites is 1. The first-order chi connectivity index (χ1) is 8.65. The molecule has 5 nitrogen and oxygen atoms in total. The standard InChI is InChI=1S/C13H15NO4/c1-17-10-4-2-3-8-5-11(18-13(8)10)9(7-14)6-12(15)16/h2-5,9H,6-7,14H2,1H3,(H,15,16). The summed E-state index contributed by atoms with van der Waals surface area (Å²) in [5.41, 5.74) is 6.21. The molecule has 2 rings (SSSR count). The predicted molar refractivity (Wildman–Crippen MR) is 66.8 cm³/mol. The summed E-state index contributed by atoms with van der Waals surface area (Å²) in [5, 5.41) is 9.71. The monoisotopic (exact) mass is 249 g/mol. The number of carboxylic acid groups (broad SMARTS) is 1. The van der Waals surface area contributed by atoms with E-state index in [-0.39, 0.29) is 18.9 Å². The van der Waals surface area contributed by atoms with E-state index < -0.39 is 5.97 Å². The highest BCUT2D eigenvalue weighted by atomic mass is 16.5. The maximum atomic E-state index is 10.8. The zero-order valence-corrected chi connectivity index (χ0v) is 10.1. The van der Waals surface area contributed by atoms with Crippen LogP contribution in [0.3, 0.4) is 0 Å². The van der Waals surface area contributed by atoms with Crippen molar-refractivity contribution in [2.75, 3.05) is 13.7 Å². The van der Waals surface area contributed by atoms with Crippen molar-refractivity contribution < 1.29 is 19.1 Å². The number of ether oxygens (including phenoxy) is 1. The normalized spacial score (nSPS) is 12.6. The van der Waals surface area contributed by atoms with Crippen LogP contribution in [0.5, 0.6) is 5.75 Å². The largest absolute Gasteiger partial charge is 0.493 e. The smallest absolute Gasteiger partial charge is 0.304 e. The van der Waals surface area contributed by atoms with E-state index in [2.05, 4.69) is 0 Å². The molecule has 96 valence electrons. The van der Waals surface area contributed by atoms with Crippen molar-refractivity contribution in [1.82, 2.24) is 0 Å². The van der Waals surface area contributed by atoms with Gasteiger partial charge in [0.1, 0.15) is 5.76 Å². The number of methoxy groups -OCH3 is 1. The molecular formula is C13H15NO4. The van der Waals surface area contributed by atoms with Crippen molar-refractivity contribution >= 4 is 16.9 Å². The van der Waals surface area contributed by atoms with Crippen LogP contribution in [0.15, 0.2) is 28.7 Å². The highest BCUT2D eigenvalue weighted by Gasteiger charge is 2.19. The van der Waals surface area contributed by atoms with Crippen molar-refractivity contribution in [3.63, 3.8) is 0 Å². The fourth-order valence-electron chi connectivity index (χ4n) is 1.93. The fraction of sp³-hybridized carbons (Fsp3) is 0.308. The molecule has 0 fully saturated rings. The molecule has 1 heterocycles. The Labute approximate surface area is 104 Å². The summed E-state index contributed by atoms with van der Waals surface area (Å²) in [7, 11) is 1.56. The van der Waals surface area contributed by atoms with Gasteiger partial charge in [0.25, 0.3) is 0 Å². The average Bonchev–Trinajstić information content (AvgIpc) is 2.78. The Morgan fingerprint density at radius 3 is 2.94 bits per heavy atom. The quantitative estimate of drug-likeness (QED) is 0.846. The van der Waals surface area contributed by atoms with Gasteiger partial charge in [-0.3, -0.25) is 4.79 Å². The van der Waals surface area contributed by atoms with E-state index >= 15 is 0 Å². The summed E-state index contributed by atoms with van der Waals surface area (Å²) in [6.45, 7) is 0.231. The van der Waals surface area contributed by atoms with Gasteiger partial charge in [0.15, 0.2) is 11.3 Å². The maximum absolute atomic E-state index is 10.8. The SMILES string of the molecule is COc1cccc2cc(C(CN)CC(=O)O)oc12. The number of rotatable bonds is 5. The minimum Gasteiger partial charge on any atom is -0.493 e. The van der Waals surface area contributed by atoms with Gasteiger partial charge in [-0.1, -0.05) is 12.1 Å². The van der Waals surface area contributed by atoms with Crippen molar-refractivity contribution in [1.29, 1.82) is 0 Å². The summed E-state index contributed by atoms with van der Waals surface area (Å²) < 4.78 is 10.9. The number of hydrogen-bond donors (Lipinski definition) is 2. The van der Waals surface area contributed by atoms with Gasteiger partial charge in [0.2, 0.25) is 0 Å². The molecule has 1 unspecified atom stereocenters. The van der Waals surface area contributed by atoms with Crippen LogP contribution in [0.4, 0.5) is 0 Å². The Hall–Kier alpha value is -2.01. The van der Waals surface area contributed by atoms with Crippen LogP contribution >= 0.6 is 0 Å². The number of nitrogens with two attached hydrogens (primary N) is 1. The van der Waals surface area contributed by atoms with E-state index in [1.807, 2.05) is 18.2 Å². The molecule has 0 aliphatic heterocycles. The Morgan fingerprint density at radius 2 is 2.33 bits per heavy atom. The molecule has 0 saturated carbocycles. The maximum Gasteiger partial charge on any atom is 0.304 e. The molecule has 3 N–H and O–H groups in total. The van der Waals surface area contributed by atoms with Gasteiger partial charge in [0.05, 0.1) is 13.5 Å². The second-order valence-corrected chi connectivity index (χ2v) is 4.06. The summed E-state index contributed by atoms with van der Waals surface area (Å²) in [5.74, 6) is 0.00160. The zero-order valence-electron chi connectivity index (χ0n) is 10.1. The molecule has 0 aliphatic carbocycles. The second-order valence-electron chi connectivity index (χ2n) is 4.06. The van der Waals surface area contributed by atoms with E-state index in [1.54, 1.807) is 13.2 Å². The molecule has 2 aromatic rings. The minimum absolute atomic E-state index is 0.0430. The van der Waals surface area contributed by atoms with E-state index in [9.17, 15) is 4.79 Å². The molecule has 18 heavy (non-hydrogen) atoms. The van der Waals surface area contributed by atoms with Crippen LogP contribution in [-0.4, -0.2) is 24.7 Å². The molecule has 0 radical (unpaired) electrons. The molecule has 1 atom stereocenters. The van der Waals surface area contributed by atoms with Gasteiger partial charge in [-0.2, -0.15) is 0 Å². The molecule has 0 bridgehead atoms. The molecule has 0 amide bonds. The van der Waals surface area contributed by atoms with Crippen LogP contribution in [-0.2, 0) is 4.79 Å². The number of carboxylic acids is 1. The first kappa shape index (κ1) is 12.4. The third-order valence-corrected chi connectivity index (χ3v) is 2.85. The Balaban J connectivity index is 2.42. The summed E-state index contributed by atoms with van der Waals surface area (Å²) in [6.07, 6.45) is -0.0430. The first-order valence-corrected chi connectivity index (χ1v) is 5.64. The van der Waals surface area contributed by atoms with Crippen molar-refractivity contribution in [3.8, 4) is 5.75 Å². The molecule has 1 aromatic heterocycles. The van der Waals surface area contributed by atoms with Gasteiger partial charge in [0, 0.05) is 17.8 Å². The molecular weight excluding hydrogens is 234 g/mol. The van der Waals surface area contributed by atoms with Gasteiger partial charge in [-0.15, -0.1) is 0 Å². The zero-order chi connectivity index (χ0) is 13.1. The Kier molecular flexibility index (Phi) is 3.53. The Bertz CT molecular complexity index is 561. The molecule has 5 heteroatoms. The lowest BCUT2D eigenvalue weighted by molar-refractivity contribution is -0.137. The second kappa shape index (κ2) is 5.10. The summed E-state index contributed by atoms with van der Waals surface area (Å²) in [6, 6.07) is 7.36. The lowest BCUT2D eigenvalue weighted by Crippen LogP contribution is -2.15. The van der Waals surface area contributed by atoms with E-state index in [0.29, 0.717) is 17.1 Å². The number of aliphatic carboxylic acids is 1. The number of carbonyl (C=O) groups is 1. The average molecular weight is 249 g/mol. The van der Waals surface area contributed by atoms with Crippen molar-refractivity contribution in [2.24, 2.45) is 5.73 Å². The molecule has 0 aliphatic rings. The summed E-state index contributed by atoms with van der Waals surface area (Å²) in [4.78, 5) is 10.8. The first-order valence-electron chi connectivity index (χ1n) is 5.64. The Morgan fingerprint density at radius 1 is 1.56 bits per heavy atom. The van der Waals surface area contributed by atoms with Crippen LogP contribution in [0.2, 0.25) is 0 Å². The fourth-order valence-corrected chi connectivity index (χ4v) is 1.93. The lowest BCUT2D eigenvalue weighted by Gasteiger charge is -2.08. The van der Waals surface area contributed by atoms with Crippen LogP contribution in [0.1, 0.15) is 18.1 Å². The van der Waals surface area contributed by atoms with Crippen LogP contribution in [0.25, 0.3) is 11.0 Å². The third kappa shape index (κ3) is 2.31. The minimum atomic E-state index is -0.891. The van der Waals surface area contributed by atoms with E-state index in [0.717, 1.165) is 5.39 Å². The van der Waals surface area contributed by atoms with Gasteiger partial charge < -0.3 is 20.0 Å². The third-order valence-electron chi connectivity index (χ3n) is 2.85. The number of benzene rings is 1. The number of fused-ring (bicyclic) bond motifs is 1. The predicted octanol–water partition coefficient (Wildman–Crippen LogP) is 1.96. The van der Waals surface area contributed by atoms with Crippen LogP contribution < -0.4 is 10.5 Å². The van der Waals surface area contributed by atoms with Crippen molar-refractivity contribution in [2.45, 2.75) is 12.3 Å². The number of furan rings is 1. The molecule has 0 saturated heterocycles. The van der Waals surface area contributed by atoms with Gasteiger partial charge in [-0.05, 0) is 12.1 Å². The lowest BCUT2D eigenvalue weighted by atomic mass is 10.0. The highest BCUT2D eigenvalue weighted by Crippen LogP contribution is 2.32. The van der Waals surface area contributed by atoms with E-state index in [4.69, 9.17) is 20.0 Å². The van der Waals surface area contributed by atoms with Gasteiger partial charge in [-0.25, -0.2) is 0 Å². The topological polar surface area (TPSA) is 85.7 Å². The van der Waals surface area contributed by atoms with Crippen LogP contribution in [0, 0.1) is 0 Å². The van der Waals surface area contributed by atoms with Gasteiger partial charge >= 0.3 is 5.97 Å². The summed E-state index contributed by atoms with van der Waals surface area (Å²) >= 11 is 0. The molecule has 1 aromatic carbocycles. The molecule has 0 spiro atoms. The highest BCUT2D eigenvalue weighted by molar-refractivity contribution is 5.84. The van der Waals surface area contributed by atoms with E-state index in [1.165, 1.54) is 0 Å².